The Balaban J connectivity index is 1.99. The van der Waals surface area contributed by atoms with Gasteiger partial charge in [0.15, 0.2) is 11.6 Å². The summed E-state index contributed by atoms with van der Waals surface area (Å²) in [7, 11) is 3.45. The highest BCUT2D eigenvalue weighted by Gasteiger charge is 2.06. The molecule has 2 rings (SSSR count). The van der Waals surface area contributed by atoms with Crippen molar-refractivity contribution in [2.24, 2.45) is 0 Å². The number of ether oxygens (including phenoxy) is 1. The van der Waals surface area contributed by atoms with Crippen molar-refractivity contribution in [3.63, 3.8) is 0 Å². The Morgan fingerprint density at radius 2 is 2.05 bits per heavy atom. The van der Waals surface area contributed by atoms with Crippen LogP contribution < -0.4 is 4.74 Å². The highest BCUT2D eigenvalue weighted by molar-refractivity contribution is 5.29. The first kappa shape index (κ1) is 13.5. The van der Waals surface area contributed by atoms with Crippen molar-refractivity contribution in [2.45, 2.75) is 13.1 Å². The highest BCUT2D eigenvalue weighted by Crippen LogP contribution is 2.18. The van der Waals surface area contributed by atoms with Gasteiger partial charge in [0.25, 0.3) is 0 Å². The molecule has 0 aliphatic rings. The summed E-state index contributed by atoms with van der Waals surface area (Å²) in [5.41, 5.74) is 1.91. The Hall–Kier alpha value is -1.94. The van der Waals surface area contributed by atoms with Gasteiger partial charge in [0.1, 0.15) is 0 Å². The largest absolute Gasteiger partial charge is 0.494 e. The number of pyridine rings is 1. The van der Waals surface area contributed by atoms with Crippen LogP contribution in [0.15, 0.2) is 42.6 Å². The zero-order valence-corrected chi connectivity index (χ0v) is 11.1. The molecule has 0 atom stereocenters. The number of nitrogens with zero attached hydrogens (tertiary/aromatic N) is 2. The molecule has 0 saturated carbocycles. The molecule has 4 heteroatoms. The minimum Gasteiger partial charge on any atom is -0.494 e. The zero-order valence-electron chi connectivity index (χ0n) is 11.1. The van der Waals surface area contributed by atoms with Crippen LogP contribution >= 0.6 is 0 Å². The summed E-state index contributed by atoms with van der Waals surface area (Å²) in [5, 5.41) is 0. The minimum absolute atomic E-state index is 0.274. The average Bonchev–Trinajstić information content (AvgIpc) is 2.40. The molecular formula is C15H17FN2O. The second-order valence-electron chi connectivity index (χ2n) is 4.46. The van der Waals surface area contributed by atoms with Crippen molar-refractivity contribution in [3.8, 4) is 5.75 Å². The lowest BCUT2D eigenvalue weighted by Gasteiger charge is -2.16. The summed E-state index contributed by atoms with van der Waals surface area (Å²) in [4.78, 5) is 6.36. The van der Waals surface area contributed by atoms with Gasteiger partial charge < -0.3 is 4.74 Å². The fourth-order valence-corrected chi connectivity index (χ4v) is 1.94. The zero-order chi connectivity index (χ0) is 13.7. The normalized spacial score (nSPS) is 10.7. The van der Waals surface area contributed by atoms with Crippen LogP contribution in [-0.2, 0) is 13.1 Å². The lowest BCUT2D eigenvalue weighted by atomic mass is 10.2. The third-order valence-corrected chi connectivity index (χ3v) is 2.83. The second kappa shape index (κ2) is 6.29. The smallest absolute Gasteiger partial charge is 0.165 e. The van der Waals surface area contributed by atoms with Crippen LogP contribution in [0.4, 0.5) is 4.39 Å². The number of benzene rings is 1. The van der Waals surface area contributed by atoms with E-state index in [1.54, 1.807) is 12.3 Å². The molecule has 0 fully saturated rings. The van der Waals surface area contributed by atoms with Gasteiger partial charge in [0.05, 0.1) is 12.8 Å². The molecule has 19 heavy (non-hydrogen) atoms. The van der Waals surface area contributed by atoms with Gasteiger partial charge in [-0.1, -0.05) is 12.1 Å². The van der Waals surface area contributed by atoms with Crippen molar-refractivity contribution < 1.29 is 9.13 Å². The Morgan fingerprint density at radius 1 is 1.21 bits per heavy atom. The van der Waals surface area contributed by atoms with E-state index in [4.69, 9.17) is 4.74 Å². The van der Waals surface area contributed by atoms with E-state index < -0.39 is 0 Å². The second-order valence-corrected chi connectivity index (χ2v) is 4.46. The van der Waals surface area contributed by atoms with Crippen molar-refractivity contribution in [1.29, 1.82) is 0 Å². The van der Waals surface area contributed by atoms with E-state index in [1.165, 1.54) is 13.2 Å². The van der Waals surface area contributed by atoms with E-state index in [9.17, 15) is 4.39 Å². The molecule has 0 spiro atoms. The van der Waals surface area contributed by atoms with Crippen molar-refractivity contribution in [1.82, 2.24) is 9.88 Å². The predicted octanol–water partition coefficient (Wildman–Crippen LogP) is 2.86. The monoisotopic (exact) mass is 260 g/mol. The summed E-state index contributed by atoms with van der Waals surface area (Å²) in [6.45, 7) is 1.39. The maximum absolute atomic E-state index is 13.6. The molecule has 1 heterocycles. The first-order valence-electron chi connectivity index (χ1n) is 6.10. The number of hydrogen-bond acceptors (Lipinski definition) is 3. The molecule has 2 aromatic rings. The van der Waals surface area contributed by atoms with Crippen LogP contribution in [0.5, 0.6) is 5.75 Å². The molecule has 0 bridgehead atoms. The van der Waals surface area contributed by atoms with Gasteiger partial charge in [-0.3, -0.25) is 9.88 Å². The van der Waals surface area contributed by atoms with Crippen molar-refractivity contribution in [3.05, 3.63) is 59.7 Å². The van der Waals surface area contributed by atoms with Gasteiger partial charge in [-0.05, 0) is 36.9 Å². The molecule has 1 aromatic carbocycles. The molecular weight excluding hydrogens is 243 g/mol. The summed E-state index contributed by atoms with van der Waals surface area (Å²) in [5.74, 6) is -0.0534. The first-order chi connectivity index (χ1) is 9.19. The van der Waals surface area contributed by atoms with E-state index in [-0.39, 0.29) is 11.6 Å². The first-order valence-corrected chi connectivity index (χ1v) is 6.10. The highest BCUT2D eigenvalue weighted by atomic mass is 19.1. The van der Waals surface area contributed by atoms with Crippen LogP contribution in [0.25, 0.3) is 0 Å². The molecule has 0 saturated heterocycles. The van der Waals surface area contributed by atoms with Crippen molar-refractivity contribution in [2.75, 3.05) is 14.2 Å². The molecule has 100 valence electrons. The van der Waals surface area contributed by atoms with E-state index >= 15 is 0 Å². The van der Waals surface area contributed by atoms with E-state index in [0.717, 1.165) is 17.8 Å². The minimum atomic E-state index is -0.328. The van der Waals surface area contributed by atoms with Crippen LogP contribution in [0, 0.1) is 5.82 Å². The maximum atomic E-state index is 13.6. The average molecular weight is 260 g/mol. The van der Waals surface area contributed by atoms with Gasteiger partial charge in [-0.2, -0.15) is 0 Å². The number of halogens is 1. The molecule has 0 N–H and O–H groups in total. The maximum Gasteiger partial charge on any atom is 0.165 e. The van der Waals surface area contributed by atoms with Gasteiger partial charge >= 0.3 is 0 Å². The van der Waals surface area contributed by atoms with Gasteiger partial charge in [0, 0.05) is 19.3 Å². The van der Waals surface area contributed by atoms with Gasteiger partial charge in [-0.25, -0.2) is 4.39 Å². The SMILES string of the molecule is COc1ccc(CN(C)Cc2ccccn2)cc1F. The third-order valence-electron chi connectivity index (χ3n) is 2.83. The topological polar surface area (TPSA) is 25.4 Å². The fraction of sp³-hybridized carbons (Fsp3) is 0.267. The van der Waals surface area contributed by atoms with Gasteiger partial charge in [-0.15, -0.1) is 0 Å². The molecule has 0 aliphatic carbocycles. The summed E-state index contributed by atoms with van der Waals surface area (Å²) < 4.78 is 18.5. The number of rotatable bonds is 5. The standard InChI is InChI=1S/C15H17FN2O/c1-18(11-13-5-3-4-8-17-13)10-12-6-7-15(19-2)14(16)9-12/h3-9H,10-11H2,1-2H3. The van der Waals surface area contributed by atoms with E-state index in [1.807, 2.05) is 31.3 Å². The van der Waals surface area contributed by atoms with Crippen LogP contribution in [0.2, 0.25) is 0 Å². The molecule has 3 nitrogen and oxygen atoms in total. The quantitative estimate of drug-likeness (QED) is 0.826. The number of aromatic nitrogens is 1. The van der Waals surface area contributed by atoms with Crippen LogP contribution in [0.3, 0.4) is 0 Å². The Bertz CT molecular complexity index is 531. The molecule has 0 unspecified atom stereocenters. The Labute approximate surface area is 112 Å². The van der Waals surface area contributed by atoms with E-state index in [0.29, 0.717) is 6.54 Å². The third kappa shape index (κ3) is 3.76. The van der Waals surface area contributed by atoms with Crippen molar-refractivity contribution >= 4 is 0 Å². The Morgan fingerprint density at radius 3 is 2.68 bits per heavy atom. The molecule has 0 radical (unpaired) electrons. The lowest BCUT2D eigenvalue weighted by molar-refractivity contribution is 0.314. The van der Waals surface area contributed by atoms with Crippen LogP contribution in [-0.4, -0.2) is 24.0 Å². The van der Waals surface area contributed by atoms with Gasteiger partial charge in [0.2, 0.25) is 0 Å². The predicted molar refractivity (Wildman–Crippen MR) is 72.4 cm³/mol. The molecule has 0 amide bonds. The lowest BCUT2D eigenvalue weighted by Crippen LogP contribution is -2.18. The number of hydrogen-bond donors (Lipinski definition) is 0. The summed E-state index contributed by atoms with van der Waals surface area (Å²) in [6.07, 6.45) is 1.77. The van der Waals surface area contributed by atoms with E-state index in [2.05, 4.69) is 9.88 Å². The fourth-order valence-electron chi connectivity index (χ4n) is 1.94. The number of methoxy groups -OCH3 is 1. The Kier molecular flexibility index (Phi) is 4.47. The summed E-state index contributed by atoms with van der Waals surface area (Å²) in [6, 6.07) is 10.9. The summed E-state index contributed by atoms with van der Waals surface area (Å²) >= 11 is 0. The van der Waals surface area contributed by atoms with Crippen LogP contribution in [0.1, 0.15) is 11.3 Å². The molecule has 1 aromatic heterocycles. The molecule has 0 aliphatic heterocycles.